The van der Waals surface area contributed by atoms with Gasteiger partial charge in [-0.15, -0.1) is 0 Å². The molecule has 0 bridgehead atoms. The summed E-state index contributed by atoms with van der Waals surface area (Å²) in [5.41, 5.74) is 1.24. The van der Waals surface area contributed by atoms with E-state index in [-0.39, 0.29) is 0 Å². The van der Waals surface area contributed by atoms with Crippen LogP contribution in [0.25, 0.3) is 0 Å². The topological polar surface area (TPSA) is 24.5 Å². The van der Waals surface area contributed by atoms with Crippen molar-refractivity contribution in [1.29, 1.82) is 0 Å². The van der Waals surface area contributed by atoms with Crippen LogP contribution in [0.2, 0.25) is 0 Å². The second-order valence-corrected chi connectivity index (χ2v) is 6.10. The fourth-order valence-electron chi connectivity index (χ4n) is 2.48. The minimum Gasteiger partial charge on any atom is -0.496 e. The maximum absolute atomic E-state index is 5.44. The first-order valence-electron chi connectivity index (χ1n) is 7.51. The van der Waals surface area contributed by atoms with Crippen molar-refractivity contribution in [2.45, 2.75) is 46.3 Å². The second kappa shape index (κ2) is 8.28. The molecule has 0 heterocycles. The van der Waals surface area contributed by atoms with Crippen LogP contribution in [-0.4, -0.2) is 37.7 Å². The SMILES string of the molecule is COc1ccccc1CN(C)C(CNC(C)C)C(C)C. The predicted molar refractivity (Wildman–Crippen MR) is 86.2 cm³/mol. The lowest BCUT2D eigenvalue weighted by Crippen LogP contribution is -2.44. The molecule has 1 rings (SSSR count). The predicted octanol–water partition coefficient (Wildman–Crippen LogP) is 3.15. The highest BCUT2D eigenvalue weighted by Crippen LogP contribution is 2.21. The Balaban J connectivity index is 2.72. The van der Waals surface area contributed by atoms with Crippen LogP contribution in [0.3, 0.4) is 0 Å². The molecule has 0 aliphatic carbocycles. The largest absolute Gasteiger partial charge is 0.496 e. The summed E-state index contributed by atoms with van der Waals surface area (Å²) in [6, 6.07) is 9.30. The molecule has 0 aliphatic rings. The summed E-state index contributed by atoms with van der Waals surface area (Å²) in [6.45, 7) is 10.9. The first-order chi connectivity index (χ1) is 9.45. The smallest absolute Gasteiger partial charge is 0.123 e. The molecule has 1 aromatic carbocycles. The molecule has 0 radical (unpaired) electrons. The lowest BCUT2D eigenvalue weighted by molar-refractivity contribution is 0.175. The molecule has 3 heteroatoms. The van der Waals surface area contributed by atoms with Crippen molar-refractivity contribution in [3.63, 3.8) is 0 Å². The second-order valence-electron chi connectivity index (χ2n) is 6.10. The summed E-state index contributed by atoms with van der Waals surface area (Å²) in [5.74, 6) is 1.58. The number of para-hydroxylation sites is 1. The van der Waals surface area contributed by atoms with Crippen LogP contribution in [0.4, 0.5) is 0 Å². The molecule has 0 spiro atoms. The fourth-order valence-corrected chi connectivity index (χ4v) is 2.48. The minimum atomic E-state index is 0.516. The highest BCUT2D eigenvalue weighted by molar-refractivity contribution is 5.33. The summed E-state index contributed by atoms with van der Waals surface area (Å²) in [6.07, 6.45) is 0. The molecule has 1 aromatic rings. The molecule has 0 fully saturated rings. The minimum absolute atomic E-state index is 0.516. The van der Waals surface area contributed by atoms with Gasteiger partial charge in [0, 0.05) is 30.7 Å². The quantitative estimate of drug-likeness (QED) is 0.790. The third-order valence-corrected chi connectivity index (χ3v) is 3.68. The Hall–Kier alpha value is -1.06. The van der Waals surface area contributed by atoms with Crippen molar-refractivity contribution >= 4 is 0 Å². The van der Waals surface area contributed by atoms with Crippen LogP contribution >= 0.6 is 0 Å². The van der Waals surface area contributed by atoms with E-state index in [4.69, 9.17) is 4.74 Å². The van der Waals surface area contributed by atoms with E-state index in [9.17, 15) is 0 Å². The van der Waals surface area contributed by atoms with E-state index in [1.165, 1.54) is 5.56 Å². The third kappa shape index (κ3) is 5.14. The summed E-state index contributed by atoms with van der Waals surface area (Å²) in [5, 5.41) is 3.55. The van der Waals surface area contributed by atoms with Crippen LogP contribution in [0.15, 0.2) is 24.3 Å². The van der Waals surface area contributed by atoms with Gasteiger partial charge in [0.15, 0.2) is 0 Å². The van der Waals surface area contributed by atoms with Crippen molar-refractivity contribution in [1.82, 2.24) is 10.2 Å². The Labute approximate surface area is 124 Å². The maximum atomic E-state index is 5.44. The number of nitrogens with one attached hydrogen (secondary N) is 1. The monoisotopic (exact) mass is 278 g/mol. The van der Waals surface area contributed by atoms with E-state index in [1.54, 1.807) is 7.11 Å². The molecule has 0 saturated carbocycles. The molecular weight excluding hydrogens is 248 g/mol. The van der Waals surface area contributed by atoms with Gasteiger partial charge in [-0.25, -0.2) is 0 Å². The number of hydrogen-bond acceptors (Lipinski definition) is 3. The van der Waals surface area contributed by atoms with Gasteiger partial charge in [0.2, 0.25) is 0 Å². The fraction of sp³-hybridized carbons (Fsp3) is 0.647. The highest BCUT2D eigenvalue weighted by Gasteiger charge is 2.19. The number of nitrogens with zero attached hydrogens (tertiary/aromatic N) is 1. The number of likely N-dealkylation sites (N-methyl/N-ethyl adjacent to an activating group) is 1. The molecule has 0 aliphatic heterocycles. The zero-order valence-electron chi connectivity index (χ0n) is 13.8. The molecule has 1 N–H and O–H groups in total. The summed E-state index contributed by atoms with van der Waals surface area (Å²) in [7, 11) is 3.93. The van der Waals surface area contributed by atoms with Crippen LogP contribution in [-0.2, 0) is 6.54 Å². The van der Waals surface area contributed by atoms with Crippen molar-refractivity contribution in [2.24, 2.45) is 5.92 Å². The van der Waals surface area contributed by atoms with Gasteiger partial charge in [-0.1, -0.05) is 45.9 Å². The van der Waals surface area contributed by atoms with Gasteiger partial charge in [-0.3, -0.25) is 4.90 Å². The number of methoxy groups -OCH3 is 1. The lowest BCUT2D eigenvalue weighted by atomic mass is 10.0. The Bertz CT molecular complexity index is 390. The molecule has 114 valence electrons. The summed E-state index contributed by atoms with van der Waals surface area (Å²) >= 11 is 0. The standard InChI is InChI=1S/C17H30N2O/c1-13(2)16(11-18-14(3)4)19(5)12-15-9-7-8-10-17(15)20-6/h7-10,13-14,16,18H,11-12H2,1-6H3. The van der Waals surface area contributed by atoms with E-state index in [0.29, 0.717) is 18.0 Å². The summed E-state index contributed by atoms with van der Waals surface area (Å²) < 4.78 is 5.44. The van der Waals surface area contributed by atoms with Crippen molar-refractivity contribution < 1.29 is 4.74 Å². The Morgan fingerprint density at radius 3 is 2.35 bits per heavy atom. The van der Waals surface area contributed by atoms with Gasteiger partial charge in [0.1, 0.15) is 5.75 Å². The van der Waals surface area contributed by atoms with Crippen LogP contribution in [0.5, 0.6) is 5.75 Å². The number of rotatable bonds is 8. The van der Waals surface area contributed by atoms with Gasteiger partial charge in [-0.05, 0) is 19.0 Å². The zero-order chi connectivity index (χ0) is 15.1. The number of ether oxygens (including phenoxy) is 1. The summed E-state index contributed by atoms with van der Waals surface area (Å²) in [4.78, 5) is 2.41. The Morgan fingerprint density at radius 2 is 1.80 bits per heavy atom. The Morgan fingerprint density at radius 1 is 1.15 bits per heavy atom. The molecule has 0 amide bonds. The van der Waals surface area contributed by atoms with Crippen LogP contribution in [0, 0.1) is 5.92 Å². The number of benzene rings is 1. The van der Waals surface area contributed by atoms with Gasteiger partial charge in [0.25, 0.3) is 0 Å². The average Bonchev–Trinajstić information content (AvgIpc) is 2.38. The van der Waals surface area contributed by atoms with Crippen molar-refractivity contribution in [3.05, 3.63) is 29.8 Å². The van der Waals surface area contributed by atoms with Crippen LogP contribution < -0.4 is 10.1 Å². The molecule has 1 unspecified atom stereocenters. The van der Waals surface area contributed by atoms with E-state index in [2.05, 4.69) is 57.1 Å². The van der Waals surface area contributed by atoms with Gasteiger partial charge in [0.05, 0.1) is 7.11 Å². The molecule has 0 saturated heterocycles. The molecule has 0 aromatic heterocycles. The first kappa shape index (κ1) is 17.0. The van der Waals surface area contributed by atoms with Crippen molar-refractivity contribution in [2.75, 3.05) is 20.7 Å². The van der Waals surface area contributed by atoms with Gasteiger partial charge in [-0.2, -0.15) is 0 Å². The molecule has 1 atom stereocenters. The normalized spacial score (nSPS) is 13.2. The zero-order valence-corrected chi connectivity index (χ0v) is 13.8. The van der Waals surface area contributed by atoms with Crippen LogP contribution in [0.1, 0.15) is 33.3 Å². The van der Waals surface area contributed by atoms with Crippen molar-refractivity contribution in [3.8, 4) is 5.75 Å². The molecular formula is C17H30N2O. The molecule has 3 nitrogen and oxygen atoms in total. The van der Waals surface area contributed by atoms with E-state index < -0.39 is 0 Å². The number of hydrogen-bond donors (Lipinski definition) is 1. The Kier molecular flexibility index (Phi) is 7.03. The average molecular weight is 278 g/mol. The first-order valence-corrected chi connectivity index (χ1v) is 7.51. The third-order valence-electron chi connectivity index (χ3n) is 3.68. The lowest BCUT2D eigenvalue weighted by Gasteiger charge is -2.32. The van der Waals surface area contributed by atoms with Gasteiger partial charge < -0.3 is 10.1 Å². The van der Waals surface area contributed by atoms with E-state index in [1.807, 2.05) is 12.1 Å². The van der Waals surface area contributed by atoms with E-state index in [0.717, 1.165) is 18.8 Å². The highest BCUT2D eigenvalue weighted by atomic mass is 16.5. The van der Waals surface area contributed by atoms with Gasteiger partial charge >= 0.3 is 0 Å². The maximum Gasteiger partial charge on any atom is 0.123 e. The molecule has 20 heavy (non-hydrogen) atoms. The van der Waals surface area contributed by atoms with E-state index >= 15 is 0 Å².